The molecule has 0 bridgehead atoms. The summed E-state index contributed by atoms with van der Waals surface area (Å²) in [5.74, 6) is 0. The summed E-state index contributed by atoms with van der Waals surface area (Å²) in [6.07, 6.45) is 1.98. The number of anilines is 1. The lowest BCUT2D eigenvalue weighted by Gasteiger charge is -2.25. The van der Waals surface area contributed by atoms with Crippen LogP contribution in [-0.2, 0) is 13.1 Å². The van der Waals surface area contributed by atoms with Crippen molar-refractivity contribution in [2.75, 3.05) is 4.90 Å². The first-order valence-electron chi connectivity index (χ1n) is 6.83. The normalized spacial score (nSPS) is 16.5. The number of nitro groups is 1. The summed E-state index contributed by atoms with van der Waals surface area (Å²) in [5, 5.41) is 14.9. The Balaban J connectivity index is 1.96. The van der Waals surface area contributed by atoms with E-state index in [1.807, 2.05) is 11.8 Å². The number of halogens is 2. The summed E-state index contributed by atoms with van der Waals surface area (Å²) >= 11 is 11.6. The minimum Gasteiger partial charge on any atom is -0.349 e. The summed E-state index contributed by atoms with van der Waals surface area (Å²) in [7, 11) is 0. The maximum Gasteiger partial charge on any atom is 0.288 e. The molecular weight excluding hydrogens is 343 g/mol. The largest absolute Gasteiger partial charge is 0.349 e. The van der Waals surface area contributed by atoms with Crippen LogP contribution in [0.2, 0.25) is 10.0 Å². The Bertz CT molecular complexity index is 852. The van der Waals surface area contributed by atoms with Crippen LogP contribution in [0.25, 0.3) is 0 Å². The van der Waals surface area contributed by atoms with Crippen molar-refractivity contribution in [1.82, 2.24) is 9.78 Å². The van der Waals surface area contributed by atoms with Gasteiger partial charge in [-0.25, -0.2) is 4.68 Å². The molecule has 2 aromatic rings. The highest BCUT2D eigenvalue weighted by atomic mass is 35.5. The lowest BCUT2D eigenvalue weighted by atomic mass is 10.1. The van der Waals surface area contributed by atoms with Crippen molar-refractivity contribution in [2.45, 2.75) is 26.1 Å². The number of rotatable bonds is 3. The van der Waals surface area contributed by atoms with Crippen LogP contribution in [0, 0.1) is 10.1 Å². The number of benzene rings is 1. The van der Waals surface area contributed by atoms with Crippen molar-refractivity contribution >= 4 is 34.6 Å². The van der Waals surface area contributed by atoms with E-state index in [4.69, 9.17) is 23.2 Å². The van der Waals surface area contributed by atoms with Gasteiger partial charge in [0, 0.05) is 23.9 Å². The fraction of sp³-hybridized carbons (Fsp3) is 0.286. The molecule has 1 aliphatic rings. The fourth-order valence-electron chi connectivity index (χ4n) is 2.70. The molecule has 7 nitrogen and oxygen atoms in total. The van der Waals surface area contributed by atoms with Gasteiger partial charge in [-0.2, -0.15) is 5.10 Å². The molecule has 0 spiro atoms. The molecular formula is C14H12Cl2N4O3. The highest BCUT2D eigenvalue weighted by Crippen LogP contribution is 2.34. The molecule has 3 rings (SSSR count). The van der Waals surface area contributed by atoms with E-state index in [0.717, 1.165) is 11.3 Å². The molecule has 1 aromatic carbocycles. The predicted molar refractivity (Wildman–Crippen MR) is 87.3 cm³/mol. The van der Waals surface area contributed by atoms with Crippen molar-refractivity contribution in [2.24, 2.45) is 0 Å². The molecule has 2 heterocycles. The highest BCUT2D eigenvalue weighted by Gasteiger charge is 2.28. The molecule has 0 radical (unpaired) electrons. The van der Waals surface area contributed by atoms with Crippen molar-refractivity contribution < 1.29 is 4.92 Å². The van der Waals surface area contributed by atoms with Gasteiger partial charge < -0.3 is 4.90 Å². The van der Waals surface area contributed by atoms with E-state index >= 15 is 0 Å². The third kappa shape index (κ3) is 2.77. The average Bonchev–Trinajstić information content (AvgIpc) is 2.82. The summed E-state index contributed by atoms with van der Waals surface area (Å²) < 4.78 is 1.22. The van der Waals surface area contributed by atoms with Crippen molar-refractivity contribution in [1.29, 1.82) is 0 Å². The van der Waals surface area contributed by atoms with Crippen LogP contribution in [0.15, 0.2) is 29.2 Å². The Hall–Kier alpha value is -2.12. The summed E-state index contributed by atoms with van der Waals surface area (Å²) in [5.41, 5.74) is 1.31. The van der Waals surface area contributed by atoms with Gasteiger partial charge in [0.05, 0.1) is 16.1 Å². The standard InChI is InChI=1S/C14H12Cl2N4O3/c1-8-4-9-5-10(20(22)23)2-3-12(9)18(8)7-19-14(21)13(16)11(15)6-17-19/h2-3,5-6,8H,4,7H2,1H3. The van der Waals surface area contributed by atoms with Crippen LogP contribution in [0.1, 0.15) is 12.5 Å². The van der Waals surface area contributed by atoms with Gasteiger partial charge in [0.1, 0.15) is 11.7 Å². The molecule has 0 saturated heterocycles. The maximum absolute atomic E-state index is 12.1. The van der Waals surface area contributed by atoms with Gasteiger partial charge in [-0.3, -0.25) is 14.9 Å². The first kappa shape index (κ1) is 15.8. The Morgan fingerprint density at radius 2 is 2.17 bits per heavy atom. The smallest absolute Gasteiger partial charge is 0.288 e. The summed E-state index contributed by atoms with van der Waals surface area (Å²) in [4.78, 5) is 24.5. The minimum atomic E-state index is -0.471. The van der Waals surface area contributed by atoms with Gasteiger partial charge in [-0.05, 0) is 25.0 Å². The molecule has 1 aliphatic heterocycles. The number of non-ortho nitro benzene ring substituents is 1. The van der Waals surface area contributed by atoms with Gasteiger partial charge in [-0.1, -0.05) is 23.2 Å². The maximum atomic E-state index is 12.1. The Morgan fingerprint density at radius 3 is 2.87 bits per heavy atom. The van der Waals surface area contributed by atoms with Crippen LogP contribution in [0.3, 0.4) is 0 Å². The molecule has 1 aromatic heterocycles. The molecule has 0 N–H and O–H groups in total. The molecule has 1 atom stereocenters. The van der Waals surface area contributed by atoms with E-state index in [-0.39, 0.29) is 28.4 Å². The Morgan fingerprint density at radius 1 is 1.43 bits per heavy atom. The van der Waals surface area contributed by atoms with Crippen molar-refractivity contribution in [3.05, 3.63) is 60.5 Å². The van der Waals surface area contributed by atoms with E-state index in [2.05, 4.69) is 5.10 Å². The first-order valence-corrected chi connectivity index (χ1v) is 7.59. The molecule has 0 aliphatic carbocycles. The second kappa shape index (κ2) is 5.82. The Kier molecular flexibility index (Phi) is 3.99. The minimum absolute atomic E-state index is 0.0580. The molecule has 0 fully saturated rings. The van der Waals surface area contributed by atoms with Crippen molar-refractivity contribution in [3.63, 3.8) is 0 Å². The van der Waals surface area contributed by atoms with E-state index < -0.39 is 10.5 Å². The molecule has 0 saturated carbocycles. The van der Waals surface area contributed by atoms with Crippen LogP contribution < -0.4 is 10.5 Å². The van der Waals surface area contributed by atoms with Crippen LogP contribution in [-0.4, -0.2) is 20.7 Å². The number of nitro benzene ring substituents is 1. The van der Waals surface area contributed by atoms with Gasteiger partial charge in [-0.15, -0.1) is 0 Å². The van der Waals surface area contributed by atoms with E-state index in [1.54, 1.807) is 12.1 Å². The van der Waals surface area contributed by atoms with Gasteiger partial charge in [0.25, 0.3) is 11.2 Å². The summed E-state index contributed by atoms with van der Waals surface area (Å²) in [6.45, 7) is 2.18. The van der Waals surface area contributed by atoms with E-state index in [0.29, 0.717) is 6.42 Å². The molecule has 23 heavy (non-hydrogen) atoms. The second-order valence-electron chi connectivity index (χ2n) is 5.35. The van der Waals surface area contributed by atoms with Gasteiger partial charge in [0.2, 0.25) is 0 Å². The highest BCUT2D eigenvalue weighted by molar-refractivity contribution is 6.41. The van der Waals surface area contributed by atoms with Crippen molar-refractivity contribution in [3.8, 4) is 0 Å². The van der Waals surface area contributed by atoms with Gasteiger partial charge >= 0.3 is 0 Å². The number of nitrogens with zero attached hydrogens (tertiary/aromatic N) is 4. The topological polar surface area (TPSA) is 81.3 Å². The molecule has 120 valence electrons. The zero-order valence-corrected chi connectivity index (χ0v) is 13.6. The van der Waals surface area contributed by atoms with Crippen LogP contribution in [0.5, 0.6) is 0 Å². The molecule has 9 heteroatoms. The average molecular weight is 355 g/mol. The summed E-state index contributed by atoms with van der Waals surface area (Å²) in [6, 6.07) is 4.79. The monoisotopic (exact) mass is 354 g/mol. The van der Waals surface area contributed by atoms with E-state index in [1.165, 1.54) is 16.9 Å². The van der Waals surface area contributed by atoms with Crippen LogP contribution >= 0.6 is 23.2 Å². The predicted octanol–water partition coefficient (Wildman–Crippen LogP) is 2.87. The number of aromatic nitrogens is 2. The quantitative estimate of drug-likeness (QED) is 0.625. The first-order chi connectivity index (χ1) is 10.9. The molecule has 0 amide bonds. The number of fused-ring (bicyclic) bond motifs is 1. The zero-order chi connectivity index (χ0) is 16.7. The molecule has 1 unspecified atom stereocenters. The SMILES string of the molecule is CC1Cc2cc([N+](=O)[O-])ccc2N1Cn1ncc(Cl)c(Cl)c1=O. The fourth-order valence-corrected chi connectivity index (χ4v) is 2.97. The number of hydrogen-bond acceptors (Lipinski definition) is 5. The lowest BCUT2D eigenvalue weighted by molar-refractivity contribution is -0.384. The Labute approximate surface area is 141 Å². The third-order valence-corrected chi connectivity index (χ3v) is 4.61. The van der Waals surface area contributed by atoms with Gasteiger partial charge in [0.15, 0.2) is 0 Å². The number of hydrogen-bond donors (Lipinski definition) is 0. The second-order valence-corrected chi connectivity index (χ2v) is 6.13. The third-order valence-electron chi connectivity index (χ3n) is 3.86. The van der Waals surface area contributed by atoms with E-state index in [9.17, 15) is 14.9 Å². The lowest BCUT2D eigenvalue weighted by Crippen LogP contribution is -2.37. The van der Waals surface area contributed by atoms with Crippen LogP contribution in [0.4, 0.5) is 11.4 Å². The zero-order valence-electron chi connectivity index (χ0n) is 12.1.